The van der Waals surface area contributed by atoms with Gasteiger partial charge in [0.15, 0.2) is 11.9 Å². The number of likely N-dealkylation sites (N-methyl/N-ethyl adjacent to an activating group) is 1. The van der Waals surface area contributed by atoms with Gasteiger partial charge in [-0.1, -0.05) is 11.2 Å². The molecule has 2 atom stereocenters. The van der Waals surface area contributed by atoms with E-state index in [1.54, 1.807) is 23.4 Å². The van der Waals surface area contributed by atoms with Crippen molar-refractivity contribution in [1.82, 2.24) is 25.3 Å². The van der Waals surface area contributed by atoms with Crippen molar-refractivity contribution in [3.63, 3.8) is 0 Å². The highest BCUT2D eigenvalue weighted by Gasteiger charge is 2.38. The third-order valence-corrected chi connectivity index (χ3v) is 4.74. The molecule has 0 spiro atoms. The van der Waals surface area contributed by atoms with Gasteiger partial charge in [0, 0.05) is 24.9 Å². The van der Waals surface area contributed by atoms with Crippen LogP contribution in [0.3, 0.4) is 0 Å². The Morgan fingerprint density at radius 2 is 2.26 bits per heavy atom. The normalized spacial score (nSPS) is 22.3. The van der Waals surface area contributed by atoms with E-state index in [0.717, 1.165) is 18.4 Å². The van der Waals surface area contributed by atoms with Crippen molar-refractivity contribution in [1.29, 1.82) is 0 Å². The highest BCUT2D eigenvalue weighted by molar-refractivity contribution is 5.86. The molecule has 4 rings (SSSR count). The molecule has 2 aromatic heterocycles. The quantitative estimate of drug-likeness (QED) is 0.805. The molecular formula is C18H21N5O4. The molecule has 0 bridgehead atoms. The number of pyridine rings is 1. The molecule has 9 heteroatoms. The van der Waals surface area contributed by atoms with Crippen LogP contribution in [0.5, 0.6) is 0 Å². The molecule has 1 N–H and O–H groups in total. The Bertz CT molecular complexity index is 820. The zero-order valence-electron chi connectivity index (χ0n) is 15.0. The average molecular weight is 371 g/mol. The van der Waals surface area contributed by atoms with E-state index in [1.807, 2.05) is 13.0 Å². The predicted octanol–water partition coefficient (Wildman–Crippen LogP) is 0.947. The Morgan fingerprint density at radius 1 is 1.41 bits per heavy atom. The molecule has 0 unspecified atom stereocenters. The lowest BCUT2D eigenvalue weighted by Gasteiger charge is -2.34. The Balaban J connectivity index is 1.51. The van der Waals surface area contributed by atoms with Crippen LogP contribution in [0.25, 0.3) is 0 Å². The number of nitrogens with zero attached hydrogens (tertiary/aromatic N) is 4. The molecule has 142 valence electrons. The highest BCUT2D eigenvalue weighted by atomic mass is 16.5. The van der Waals surface area contributed by atoms with Gasteiger partial charge < -0.3 is 19.5 Å². The summed E-state index contributed by atoms with van der Waals surface area (Å²) in [6, 6.07) is 2.98. The first-order valence-corrected chi connectivity index (χ1v) is 9.08. The minimum atomic E-state index is -0.832. The third-order valence-electron chi connectivity index (χ3n) is 4.74. The van der Waals surface area contributed by atoms with Gasteiger partial charge in [-0.05, 0) is 31.4 Å². The van der Waals surface area contributed by atoms with E-state index in [0.29, 0.717) is 24.2 Å². The number of hydrogen-bond donors (Lipinski definition) is 1. The fraction of sp³-hybridized carbons (Fsp3) is 0.500. The third kappa shape index (κ3) is 3.82. The van der Waals surface area contributed by atoms with Crippen LogP contribution in [-0.2, 0) is 20.9 Å². The topological polar surface area (TPSA) is 110 Å². The van der Waals surface area contributed by atoms with Gasteiger partial charge in [-0.2, -0.15) is 4.98 Å². The van der Waals surface area contributed by atoms with E-state index in [9.17, 15) is 9.59 Å². The summed E-state index contributed by atoms with van der Waals surface area (Å²) < 4.78 is 10.9. The van der Waals surface area contributed by atoms with Crippen molar-refractivity contribution in [2.24, 2.45) is 0 Å². The summed E-state index contributed by atoms with van der Waals surface area (Å²) in [5.74, 6) is 0.990. The van der Waals surface area contributed by atoms with Crippen molar-refractivity contribution < 1.29 is 18.8 Å². The number of carbonyl (C=O) groups is 2. The summed E-state index contributed by atoms with van der Waals surface area (Å²) in [6.45, 7) is 2.41. The minimum Gasteiger partial charge on any atom is -0.356 e. The molecule has 2 amide bonds. The predicted molar refractivity (Wildman–Crippen MR) is 92.2 cm³/mol. The average Bonchev–Trinajstić information content (AvgIpc) is 3.45. The molecule has 3 heterocycles. The molecule has 1 saturated carbocycles. The first-order chi connectivity index (χ1) is 13.2. The van der Waals surface area contributed by atoms with E-state index in [2.05, 4.69) is 20.4 Å². The number of nitrogens with one attached hydrogen (secondary N) is 1. The lowest BCUT2D eigenvalue weighted by Crippen LogP contribution is -2.53. The zero-order valence-corrected chi connectivity index (χ0v) is 15.0. The second-order valence-corrected chi connectivity index (χ2v) is 6.74. The van der Waals surface area contributed by atoms with E-state index >= 15 is 0 Å². The van der Waals surface area contributed by atoms with Crippen molar-refractivity contribution in [3.8, 4) is 0 Å². The van der Waals surface area contributed by atoms with Gasteiger partial charge in [0.2, 0.25) is 11.8 Å². The molecule has 2 fully saturated rings. The minimum absolute atomic E-state index is 0.154. The molecule has 0 aromatic carbocycles. The maximum atomic E-state index is 13.1. The molecule has 0 radical (unpaired) electrons. The Labute approximate surface area is 156 Å². The number of rotatable bonds is 6. The molecule has 1 saturated heterocycles. The number of morpholine rings is 1. The summed E-state index contributed by atoms with van der Waals surface area (Å²) in [7, 11) is 0. The lowest BCUT2D eigenvalue weighted by molar-refractivity contribution is -0.155. The molecule has 1 aliphatic carbocycles. The molecular weight excluding hydrogens is 350 g/mol. The molecule has 1 aliphatic heterocycles. The van der Waals surface area contributed by atoms with Crippen LogP contribution in [-0.4, -0.2) is 51.1 Å². The van der Waals surface area contributed by atoms with Crippen molar-refractivity contribution in [2.75, 3.05) is 13.2 Å². The van der Waals surface area contributed by atoms with Crippen LogP contribution in [0.2, 0.25) is 0 Å². The second kappa shape index (κ2) is 7.43. The lowest BCUT2D eigenvalue weighted by atomic mass is 10.0. The second-order valence-electron chi connectivity index (χ2n) is 6.74. The van der Waals surface area contributed by atoms with Gasteiger partial charge in [0.05, 0.1) is 12.6 Å². The van der Waals surface area contributed by atoms with E-state index in [1.165, 1.54) is 0 Å². The molecule has 27 heavy (non-hydrogen) atoms. The molecule has 9 nitrogen and oxygen atoms in total. The smallest absolute Gasteiger partial charge is 0.254 e. The Kier molecular flexibility index (Phi) is 4.85. The molecule has 2 aliphatic rings. The van der Waals surface area contributed by atoms with Gasteiger partial charge in [-0.15, -0.1) is 0 Å². The first kappa shape index (κ1) is 17.6. The monoisotopic (exact) mass is 371 g/mol. The summed E-state index contributed by atoms with van der Waals surface area (Å²) >= 11 is 0. The van der Waals surface area contributed by atoms with Gasteiger partial charge in [0.25, 0.3) is 5.91 Å². The fourth-order valence-corrected chi connectivity index (χ4v) is 3.11. The van der Waals surface area contributed by atoms with E-state index < -0.39 is 12.1 Å². The van der Waals surface area contributed by atoms with Crippen LogP contribution in [0.15, 0.2) is 29.0 Å². The first-order valence-electron chi connectivity index (χ1n) is 9.08. The van der Waals surface area contributed by atoms with E-state index in [4.69, 9.17) is 9.26 Å². The highest BCUT2D eigenvalue weighted by Crippen LogP contribution is 2.38. The van der Waals surface area contributed by atoms with Crippen LogP contribution in [0, 0.1) is 0 Å². The number of amides is 2. The Hall–Kier alpha value is -2.81. The van der Waals surface area contributed by atoms with Crippen LogP contribution in [0.4, 0.5) is 0 Å². The number of ether oxygens (including phenoxy) is 1. The summed E-state index contributed by atoms with van der Waals surface area (Å²) in [4.78, 5) is 35.0. The summed E-state index contributed by atoms with van der Waals surface area (Å²) in [5.41, 5.74) is 0.718. The number of carbonyl (C=O) groups excluding carboxylic acids is 2. The van der Waals surface area contributed by atoms with Crippen molar-refractivity contribution in [3.05, 3.63) is 41.8 Å². The maximum absolute atomic E-state index is 13.1. The summed E-state index contributed by atoms with van der Waals surface area (Å²) in [5, 5.41) is 6.81. The molecule has 2 aromatic rings. The van der Waals surface area contributed by atoms with Gasteiger partial charge >= 0.3 is 0 Å². The maximum Gasteiger partial charge on any atom is 0.254 e. The van der Waals surface area contributed by atoms with E-state index in [-0.39, 0.29) is 25.0 Å². The van der Waals surface area contributed by atoms with Crippen molar-refractivity contribution in [2.45, 2.75) is 44.4 Å². The van der Waals surface area contributed by atoms with Crippen LogP contribution >= 0.6 is 0 Å². The number of aromatic nitrogens is 3. The fourth-order valence-electron chi connectivity index (χ4n) is 3.11. The van der Waals surface area contributed by atoms with Crippen LogP contribution < -0.4 is 5.32 Å². The van der Waals surface area contributed by atoms with Gasteiger partial charge in [-0.3, -0.25) is 14.6 Å². The standard InChI is InChI=1S/C18H21N5O4/c1-2-23(9-13-20-17(27-22-13)11-5-6-11)18(25)16-15(21-14(24)10-26-16)12-4-3-7-19-8-12/h3-4,7-8,11,15-16H,2,5-6,9-10H2,1H3,(H,21,24)/t15-,16+/m1/s1. The largest absolute Gasteiger partial charge is 0.356 e. The zero-order chi connectivity index (χ0) is 18.8. The van der Waals surface area contributed by atoms with Crippen molar-refractivity contribution >= 4 is 11.8 Å². The summed E-state index contributed by atoms with van der Waals surface area (Å²) in [6.07, 6.45) is 4.57. The SMILES string of the molecule is CCN(Cc1noc(C2CC2)n1)C(=O)[C@H]1OCC(=O)N[C@@H]1c1cccnc1. The van der Waals surface area contributed by atoms with Gasteiger partial charge in [0.1, 0.15) is 6.61 Å². The van der Waals surface area contributed by atoms with Gasteiger partial charge in [-0.25, -0.2) is 0 Å². The number of hydrogen-bond acceptors (Lipinski definition) is 7. The van der Waals surface area contributed by atoms with Crippen LogP contribution in [0.1, 0.15) is 49.0 Å². The Morgan fingerprint density at radius 3 is 2.96 bits per heavy atom.